The molecule has 1 unspecified atom stereocenters. The SMILES string of the molecule is CNC(CCc1ccc([N+](=O)[O-])cc1Cl)C1CCCC1. The van der Waals surface area contributed by atoms with Crippen molar-refractivity contribution < 1.29 is 4.92 Å². The summed E-state index contributed by atoms with van der Waals surface area (Å²) in [6, 6.07) is 5.28. The van der Waals surface area contributed by atoms with Gasteiger partial charge in [-0.1, -0.05) is 30.5 Å². The molecule has 0 aromatic heterocycles. The van der Waals surface area contributed by atoms with E-state index in [-0.39, 0.29) is 5.69 Å². The maximum Gasteiger partial charge on any atom is 0.270 e. The van der Waals surface area contributed by atoms with Gasteiger partial charge in [-0.15, -0.1) is 0 Å². The highest BCUT2D eigenvalue weighted by Crippen LogP contribution is 2.30. The van der Waals surface area contributed by atoms with Gasteiger partial charge in [0.25, 0.3) is 5.69 Å². The molecule has 0 spiro atoms. The Hall–Kier alpha value is -1.13. The topological polar surface area (TPSA) is 55.2 Å². The fraction of sp³-hybridized carbons (Fsp3) is 0.600. The Morgan fingerprint density at radius 3 is 2.70 bits per heavy atom. The van der Waals surface area contributed by atoms with Crippen molar-refractivity contribution in [3.05, 3.63) is 38.9 Å². The molecule has 1 aromatic carbocycles. The summed E-state index contributed by atoms with van der Waals surface area (Å²) in [7, 11) is 2.01. The van der Waals surface area contributed by atoms with Crippen LogP contribution in [0.5, 0.6) is 0 Å². The second-order valence-electron chi connectivity index (χ2n) is 5.51. The minimum Gasteiger partial charge on any atom is -0.317 e. The molecule has 1 atom stereocenters. The van der Waals surface area contributed by atoms with Gasteiger partial charge in [-0.3, -0.25) is 10.1 Å². The summed E-state index contributed by atoms with van der Waals surface area (Å²) in [4.78, 5) is 10.3. The Kier molecular flexibility index (Phi) is 5.38. The maximum atomic E-state index is 10.7. The van der Waals surface area contributed by atoms with Crippen LogP contribution in [0.2, 0.25) is 5.02 Å². The molecule has 0 radical (unpaired) electrons. The number of hydrogen-bond acceptors (Lipinski definition) is 3. The van der Waals surface area contributed by atoms with Crippen molar-refractivity contribution in [2.45, 2.75) is 44.6 Å². The molecule has 1 saturated carbocycles. The lowest BCUT2D eigenvalue weighted by atomic mass is 9.92. The van der Waals surface area contributed by atoms with Gasteiger partial charge in [0.1, 0.15) is 0 Å². The molecule has 1 N–H and O–H groups in total. The van der Waals surface area contributed by atoms with Crippen LogP contribution in [-0.2, 0) is 6.42 Å². The Morgan fingerprint density at radius 1 is 1.45 bits per heavy atom. The van der Waals surface area contributed by atoms with E-state index in [2.05, 4.69) is 5.32 Å². The lowest BCUT2D eigenvalue weighted by Crippen LogP contribution is -2.32. The van der Waals surface area contributed by atoms with E-state index in [0.29, 0.717) is 11.1 Å². The summed E-state index contributed by atoms with van der Waals surface area (Å²) in [5.74, 6) is 0.761. The number of non-ortho nitro benzene ring substituents is 1. The highest BCUT2D eigenvalue weighted by atomic mass is 35.5. The van der Waals surface area contributed by atoms with Gasteiger partial charge in [0.15, 0.2) is 0 Å². The molecule has 0 aliphatic heterocycles. The number of rotatable bonds is 6. The van der Waals surface area contributed by atoms with E-state index in [9.17, 15) is 10.1 Å². The number of nitrogens with zero attached hydrogens (tertiary/aromatic N) is 1. The summed E-state index contributed by atoms with van der Waals surface area (Å²) in [5, 5.41) is 14.6. The molecule has 1 fully saturated rings. The number of aryl methyl sites for hydroxylation is 1. The van der Waals surface area contributed by atoms with Gasteiger partial charge < -0.3 is 5.32 Å². The molecule has 0 amide bonds. The number of nitro groups is 1. The molecule has 2 rings (SSSR count). The van der Waals surface area contributed by atoms with E-state index in [0.717, 1.165) is 24.3 Å². The highest BCUT2D eigenvalue weighted by Gasteiger charge is 2.23. The largest absolute Gasteiger partial charge is 0.317 e. The first-order valence-corrected chi connectivity index (χ1v) is 7.59. The van der Waals surface area contributed by atoms with E-state index < -0.39 is 4.92 Å². The van der Waals surface area contributed by atoms with Crippen LogP contribution >= 0.6 is 11.6 Å². The monoisotopic (exact) mass is 296 g/mol. The zero-order valence-corrected chi connectivity index (χ0v) is 12.5. The molecule has 0 bridgehead atoms. The number of halogens is 1. The standard InChI is InChI=1S/C15H21ClN2O2/c1-17-15(12-4-2-3-5-12)9-7-11-6-8-13(18(19)20)10-14(11)16/h6,8,10,12,15,17H,2-5,7,9H2,1H3. The average molecular weight is 297 g/mol. The van der Waals surface area contributed by atoms with Gasteiger partial charge in [-0.25, -0.2) is 0 Å². The minimum absolute atomic E-state index is 0.0553. The molecule has 4 nitrogen and oxygen atoms in total. The maximum absolute atomic E-state index is 10.7. The van der Waals surface area contributed by atoms with Crippen molar-refractivity contribution in [1.82, 2.24) is 5.32 Å². The molecule has 1 aliphatic carbocycles. The molecule has 1 aromatic rings. The second-order valence-corrected chi connectivity index (χ2v) is 5.92. The predicted octanol–water partition coefficient (Wildman–Crippen LogP) is 3.96. The van der Waals surface area contributed by atoms with E-state index in [1.165, 1.54) is 37.8 Å². The van der Waals surface area contributed by atoms with Crippen molar-refractivity contribution in [2.75, 3.05) is 7.05 Å². The zero-order valence-electron chi connectivity index (χ0n) is 11.8. The van der Waals surface area contributed by atoms with Crippen molar-refractivity contribution in [3.8, 4) is 0 Å². The predicted molar refractivity (Wildman–Crippen MR) is 81.2 cm³/mol. The summed E-state index contributed by atoms with van der Waals surface area (Å²) in [5.41, 5.74) is 1.05. The third kappa shape index (κ3) is 3.70. The Labute approximate surface area is 124 Å². The van der Waals surface area contributed by atoms with Crippen molar-refractivity contribution in [1.29, 1.82) is 0 Å². The number of benzene rings is 1. The number of nitro benzene ring substituents is 1. The quantitative estimate of drug-likeness (QED) is 0.638. The molecule has 0 saturated heterocycles. The summed E-state index contributed by atoms with van der Waals surface area (Å²) >= 11 is 6.13. The van der Waals surface area contributed by atoms with E-state index in [1.54, 1.807) is 6.07 Å². The van der Waals surface area contributed by atoms with Crippen LogP contribution in [0.3, 0.4) is 0 Å². The van der Waals surface area contributed by atoms with Gasteiger partial charge in [0.05, 0.1) is 9.95 Å². The van der Waals surface area contributed by atoms with Crippen LogP contribution in [0.25, 0.3) is 0 Å². The third-order valence-electron chi connectivity index (χ3n) is 4.31. The Balaban J connectivity index is 1.97. The summed E-state index contributed by atoms with van der Waals surface area (Å²) < 4.78 is 0. The zero-order chi connectivity index (χ0) is 14.5. The first-order valence-electron chi connectivity index (χ1n) is 7.22. The van der Waals surface area contributed by atoms with Crippen LogP contribution in [0.4, 0.5) is 5.69 Å². The van der Waals surface area contributed by atoms with E-state index in [4.69, 9.17) is 11.6 Å². The van der Waals surface area contributed by atoms with Crippen LogP contribution in [-0.4, -0.2) is 18.0 Å². The Morgan fingerprint density at radius 2 is 2.15 bits per heavy atom. The summed E-state index contributed by atoms with van der Waals surface area (Å²) in [6.45, 7) is 0. The van der Waals surface area contributed by atoms with Crippen LogP contribution in [0.1, 0.15) is 37.7 Å². The molecule has 1 aliphatic rings. The van der Waals surface area contributed by atoms with Crippen LogP contribution < -0.4 is 5.32 Å². The number of hydrogen-bond donors (Lipinski definition) is 1. The summed E-state index contributed by atoms with van der Waals surface area (Å²) in [6.07, 6.45) is 7.17. The normalized spacial score (nSPS) is 17.3. The molecular formula is C15H21ClN2O2. The molecule has 5 heteroatoms. The van der Waals surface area contributed by atoms with Gasteiger partial charge in [-0.05, 0) is 44.2 Å². The first-order chi connectivity index (χ1) is 9.61. The van der Waals surface area contributed by atoms with Gasteiger partial charge in [0, 0.05) is 18.2 Å². The molecule has 0 heterocycles. The average Bonchev–Trinajstić information content (AvgIpc) is 2.95. The van der Waals surface area contributed by atoms with Gasteiger partial charge >= 0.3 is 0 Å². The van der Waals surface area contributed by atoms with Crippen molar-refractivity contribution in [2.24, 2.45) is 5.92 Å². The van der Waals surface area contributed by atoms with Crippen LogP contribution in [0, 0.1) is 16.0 Å². The highest BCUT2D eigenvalue weighted by molar-refractivity contribution is 6.31. The molecule has 110 valence electrons. The van der Waals surface area contributed by atoms with E-state index >= 15 is 0 Å². The second kappa shape index (κ2) is 7.04. The lowest BCUT2D eigenvalue weighted by Gasteiger charge is -2.23. The van der Waals surface area contributed by atoms with Gasteiger partial charge in [0.2, 0.25) is 0 Å². The Bertz CT molecular complexity index is 473. The van der Waals surface area contributed by atoms with E-state index in [1.807, 2.05) is 7.05 Å². The fourth-order valence-electron chi connectivity index (χ4n) is 3.14. The van der Waals surface area contributed by atoms with Gasteiger partial charge in [-0.2, -0.15) is 0 Å². The number of nitrogens with one attached hydrogen (secondary N) is 1. The fourth-order valence-corrected chi connectivity index (χ4v) is 3.41. The molecular weight excluding hydrogens is 276 g/mol. The van der Waals surface area contributed by atoms with Crippen molar-refractivity contribution in [3.63, 3.8) is 0 Å². The lowest BCUT2D eigenvalue weighted by molar-refractivity contribution is -0.384. The first kappa shape index (κ1) is 15.3. The third-order valence-corrected chi connectivity index (χ3v) is 4.66. The minimum atomic E-state index is -0.412. The van der Waals surface area contributed by atoms with Crippen LogP contribution in [0.15, 0.2) is 18.2 Å². The smallest absolute Gasteiger partial charge is 0.270 e. The van der Waals surface area contributed by atoms with Crippen molar-refractivity contribution >= 4 is 17.3 Å². The molecule has 20 heavy (non-hydrogen) atoms.